The number of nitrogens with one attached hydrogen (secondary N) is 1. The molecular weight excluding hydrogens is 208 g/mol. The first-order valence-corrected chi connectivity index (χ1v) is 7.73. The summed E-state index contributed by atoms with van der Waals surface area (Å²) in [6, 6.07) is 2.32. The Morgan fingerprint density at radius 2 is 2.06 bits per heavy atom. The van der Waals surface area contributed by atoms with Crippen LogP contribution in [0.15, 0.2) is 0 Å². The Bertz CT molecular complexity index is 225. The van der Waals surface area contributed by atoms with E-state index >= 15 is 0 Å². The highest BCUT2D eigenvalue weighted by Gasteiger charge is 2.32. The predicted molar refractivity (Wildman–Crippen MR) is 74.3 cm³/mol. The van der Waals surface area contributed by atoms with Crippen molar-refractivity contribution in [3.63, 3.8) is 0 Å². The molecule has 3 unspecified atom stereocenters. The van der Waals surface area contributed by atoms with Crippen LogP contribution in [-0.4, -0.2) is 36.1 Å². The third-order valence-corrected chi connectivity index (χ3v) is 4.59. The van der Waals surface area contributed by atoms with E-state index in [1.165, 1.54) is 51.6 Å². The maximum atomic E-state index is 3.73. The van der Waals surface area contributed by atoms with Crippen LogP contribution in [-0.2, 0) is 0 Å². The minimum absolute atomic E-state index is 0.740. The molecule has 0 aromatic carbocycles. The highest BCUT2D eigenvalue weighted by Crippen LogP contribution is 2.35. The van der Waals surface area contributed by atoms with Crippen molar-refractivity contribution in [3.8, 4) is 0 Å². The van der Waals surface area contributed by atoms with Crippen molar-refractivity contribution in [2.24, 2.45) is 5.92 Å². The van der Waals surface area contributed by atoms with Gasteiger partial charge in [-0.1, -0.05) is 33.1 Å². The lowest BCUT2D eigenvalue weighted by molar-refractivity contribution is 0.0772. The Balaban J connectivity index is 1.88. The smallest absolute Gasteiger partial charge is 0.0221 e. The lowest BCUT2D eigenvalue weighted by Gasteiger charge is -2.43. The van der Waals surface area contributed by atoms with E-state index in [2.05, 4.69) is 31.0 Å². The van der Waals surface area contributed by atoms with Gasteiger partial charge in [-0.15, -0.1) is 0 Å². The molecule has 2 aliphatic rings. The highest BCUT2D eigenvalue weighted by atomic mass is 15.2. The monoisotopic (exact) mass is 238 g/mol. The fraction of sp³-hybridized carbons (Fsp3) is 1.00. The van der Waals surface area contributed by atoms with Crippen molar-refractivity contribution >= 4 is 0 Å². The first-order chi connectivity index (χ1) is 8.24. The summed E-state index contributed by atoms with van der Waals surface area (Å²) < 4.78 is 0. The van der Waals surface area contributed by atoms with Crippen molar-refractivity contribution in [3.05, 3.63) is 0 Å². The molecule has 1 saturated heterocycles. The van der Waals surface area contributed by atoms with Crippen LogP contribution in [0, 0.1) is 5.92 Å². The molecule has 1 aliphatic heterocycles. The molecule has 2 fully saturated rings. The van der Waals surface area contributed by atoms with E-state index < -0.39 is 0 Å². The summed E-state index contributed by atoms with van der Waals surface area (Å²) in [7, 11) is 0. The molecular formula is C15H30N2. The topological polar surface area (TPSA) is 15.3 Å². The molecule has 0 amide bonds. The van der Waals surface area contributed by atoms with E-state index in [9.17, 15) is 0 Å². The van der Waals surface area contributed by atoms with Gasteiger partial charge in [-0.2, -0.15) is 0 Å². The number of hydrogen-bond donors (Lipinski definition) is 1. The molecule has 1 aliphatic carbocycles. The zero-order valence-electron chi connectivity index (χ0n) is 11.9. The first-order valence-electron chi connectivity index (χ1n) is 7.73. The van der Waals surface area contributed by atoms with Gasteiger partial charge in [0.15, 0.2) is 0 Å². The molecule has 3 atom stereocenters. The molecule has 0 spiro atoms. The quantitative estimate of drug-likeness (QED) is 0.765. The lowest BCUT2D eigenvalue weighted by Crippen LogP contribution is -2.58. The summed E-state index contributed by atoms with van der Waals surface area (Å²) in [6.07, 6.45) is 8.36. The second-order valence-corrected chi connectivity index (χ2v) is 6.18. The summed E-state index contributed by atoms with van der Waals surface area (Å²) >= 11 is 0. The SMILES string of the molecule is CCCC1CN(C(C)CC2CC2)C(CC)CN1. The molecule has 0 bridgehead atoms. The second kappa shape index (κ2) is 6.19. The van der Waals surface area contributed by atoms with E-state index in [1.807, 2.05) is 0 Å². The van der Waals surface area contributed by atoms with Gasteiger partial charge in [-0.05, 0) is 32.1 Å². The average Bonchev–Trinajstić information content (AvgIpc) is 3.13. The maximum Gasteiger partial charge on any atom is 0.0221 e. The molecule has 100 valence electrons. The van der Waals surface area contributed by atoms with Crippen molar-refractivity contribution < 1.29 is 0 Å². The fourth-order valence-electron chi connectivity index (χ4n) is 3.32. The zero-order valence-corrected chi connectivity index (χ0v) is 11.9. The van der Waals surface area contributed by atoms with Gasteiger partial charge in [0.25, 0.3) is 0 Å². The molecule has 1 N–H and O–H groups in total. The molecule has 1 saturated carbocycles. The third-order valence-electron chi connectivity index (χ3n) is 4.59. The van der Waals surface area contributed by atoms with Gasteiger partial charge < -0.3 is 5.32 Å². The summed E-state index contributed by atoms with van der Waals surface area (Å²) in [4.78, 5) is 2.80. The van der Waals surface area contributed by atoms with Crippen LogP contribution < -0.4 is 5.32 Å². The molecule has 0 radical (unpaired) electrons. The van der Waals surface area contributed by atoms with E-state index in [4.69, 9.17) is 0 Å². The molecule has 17 heavy (non-hydrogen) atoms. The number of rotatable bonds is 6. The standard InChI is InChI=1S/C15H30N2/c1-4-6-14-11-17(15(5-2)10-16-14)12(3)9-13-7-8-13/h12-16H,4-11H2,1-3H3. The van der Waals surface area contributed by atoms with E-state index in [0.717, 1.165) is 24.0 Å². The van der Waals surface area contributed by atoms with Gasteiger partial charge >= 0.3 is 0 Å². The Labute approximate surface area is 107 Å². The Morgan fingerprint density at radius 1 is 1.29 bits per heavy atom. The Morgan fingerprint density at radius 3 is 2.65 bits per heavy atom. The van der Waals surface area contributed by atoms with Gasteiger partial charge in [-0.25, -0.2) is 0 Å². The highest BCUT2D eigenvalue weighted by molar-refractivity contribution is 4.90. The summed E-state index contributed by atoms with van der Waals surface area (Å²) in [6.45, 7) is 9.57. The van der Waals surface area contributed by atoms with Crippen LogP contribution in [0.3, 0.4) is 0 Å². The Hall–Kier alpha value is -0.0800. The normalized spacial score (nSPS) is 32.6. The van der Waals surface area contributed by atoms with Crippen molar-refractivity contribution in [1.82, 2.24) is 10.2 Å². The van der Waals surface area contributed by atoms with Crippen LogP contribution in [0.2, 0.25) is 0 Å². The largest absolute Gasteiger partial charge is 0.311 e. The summed E-state index contributed by atoms with van der Waals surface area (Å²) in [5, 5.41) is 3.73. The minimum Gasteiger partial charge on any atom is -0.311 e. The van der Waals surface area contributed by atoms with Crippen LogP contribution in [0.5, 0.6) is 0 Å². The number of nitrogens with zero attached hydrogens (tertiary/aromatic N) is 1. The fourth-order valence-corrected chi connectivity index (χ4v) is 3.32. The third kappa shape index (κ3) is 3.69. The Kier molecular flexibility index (Phi) is 4.87. The number of hydrogen-bond acceptors (Lipinski definition) is 2. The zero-order chi connectivity index (χ0) is 12.3. The van der Waals surface area contributed by atoms with Crippen LogP contribution in [0.1, 0.15) is 59.3 Å². The van der Waals surface area contributed by atoms with E-state index in [0.29, 0.717) is 0 Å². The van der Waals surface area contributed by atoms with Gasteiger partial charge in [0, 0.05) is 31.2 Å². The van der Waals surface area contributed by atoms with Gasteiger partial charge in [0.2, 0.25) is 0 Å². The van der Waals surface area contributed by atoms with Crippen LogP contribution in [0.4, 0.5) is 0 Å². The molecule has 2 nitrogen and oxygen atoms in total. The van der Waals surface area contributed by atoms with E-state index in [-0.39, 0.29) is 0 Å². The maximum absolute atomic E-state index is 3.73. The minimum atomic E-state index is 0.740. The van der Waals surface area contributed by atoms with Crippen molar-refractivity contribution in [2.45, 2.75) is 77.4 Å². The average molecular weight is 238 g/mol. The van der Waals surface area contributed by atoms with Crippen LogP contribution >= 0.6 is 0 Å². The summed E-state index contributed by atoms with van der Waals surface area (Å²) in [5.74, 6) is 1.06. The van der Waals surface area contributed by atoms with Crippen molar-refractivity contribution in [2.75, 3.05) is 13.1 Å². The molecule has 0 aromatic heterocycles. The molecule has 2 heteroatoms. The second-order valence-electron chi connectivity index (χ2n) is 6.18. The molecule has 2 rings (SSSR count). The molecule has 0 aromatic rings. The van der Waals surface area contributed by atoms with Gasteiger partial charge in [-0.3, -0.25) is 4.90 Å². The summed E-state index contributed by atoms with van der Waals surface area (Å²) in [5.41, 5.74) is 0. The van der Waals surface area contributed by atoms with Crippen LogP contribution in [0.25, 0.3) is 0 Å². The first kappa shape index (κ1) is 13.4. The van der Waals surface area contributed by atoms with Gasteiger partial charge in [0.05, 0.1) is 0 Å². The van der Waals surface area contributed by atoms with Crippen molar-refractivity contribution in [1.29, 1.82) is 0 Å². The van der Waals surface area contributed by atoms with Gasteiger partial charge in [0.1, 0.15) is 0 Å². The van der Waals surface area contributed by atoms with E-state index in [1.54, 1.807) is 0 Å². The molecule has 1 heterocycles. The lowest BCUT2D eigenvalue weighted by atomic mass is 9.99. The number of piperazine rings is 1. The predicted octanol–water partition coefficient (Wildman–Crippen LogP) is 3.03.